The zero-order valence-corrected chi connectivity index (χ0v) is 11.1. The van der Waals surface area contributed by atoms with Gasteiger partial charge in [0.2, 0.25) is 0 Å². The van der Waals surface area contributed by atoms with E-state index >= 15 is 0 Å². The summed E-state index contributed by atoms with van der Waals surface area (Å²) in [4.78, 5) is 17.5. The maximum absolute atomic E-state index is 12.9. The normalized spacial score (nSPS) is 10.4. The second-order valence-corrected chi connectivity index (χ2v) is 4.57. The van der Waals surface area contributed by atoms with Crippen molar-refractivity contribution < 1.29 is 9.18 Å². The highest BCUT2D eigenvalue weighted by atomic mass is 79.9. The lowest BCUT2D eigenvalue weighted by atomic mass is 10.2. The summed E-state index contributed by atoms with van der Waals surface area (Å²) < 4.78 is 13.4. The molecule has 1 amide bonds. The van der Waals surface area contributed by atoms with Crippen LogP contribution in [0, 0.1) is 5.82 Å². The predicted octanol–water partition coefficient (Wildman–Crippen LogP) is 1.98. The minimum atomic E-state index is -0.392. The number of hydrogen-bond acceptors (Lipinski definition) is 3. The van der Waals surface area contributed by atoms with E-state index in [1.165, 1.54) is 29.4 Å². The molecule has 5 nitrogen and oxygen atoms in total. The molecule has 1 aromatic carbocycles. The number of hydrogen-bond donors (Lipinski definition) is 1. The monoisotopic (exact) mass is 312 g/mol. The van der Waals surface area contributed by atoms with Crippen LogP contribution in [0.3, 0.4) is 0 Å². The van der Waals surface area contributed by atoms with Gasteiger partial charge in [-0.1, -0.05) is 0 Å². The number of nitrogens with one attached hydrogen (secondary N) is 1. The van der Waals surface area contributed by atoms with Gasteiger partial charge in [-0.3, -0.25) is 9.89 Å². The maximum Gasteiger partial charge on any atom is 0.255 e. The van der Waals surface area contributed by atoms with Crippen molar-refractivity contribution in [3.8, 4) is 0 Å². The van der Waals surface area contributed by atoms with E-state index in [1.807, 2.05) is 0 Å². The second kappa shape index (κ2) is 5.26. The SMILES string of the molecule is CN(Cc1ncn[nH]1)C(=O)c1ccc(F)cc1Br. The molecule has 0 aliphatic carbocycles. The van der Waals surface area contributed by atoms with Crippen molar-refractivity contribution in [2.45, 2.75) is 6.54 Å². The summed E-state index contributed by atoms with van der Waals surface area (Å²) in [5, 5.41) is 6.37. The summed E-state index contributed by atoms with van der Waals surface area (Å²) >= 11 is 3.17. The Balaban J connectivity index is 2.15. The van der Waals surface area contributed by atoms with Gasteiger partial charge < -0.3 is 4.90 Å². The molecule has 1 aromatic heterocycles. The van der Waals surface area contributed by atoms with Crippen LogP contribution in [-0.2, 0) is 6.54 Å². The minimum Gasteiger partial charge on any atom is -0.334 e. The number of H-pyrrole nitrogens is 1. The molecule has 1 N–H and O–H groups in total. The van der Waals surface area contributed by atoms with E-state index in [1.54, 1.807) is 7.05 Å². The lowest BCUT2D eigenvalue weighted by Gasteiger charge is -2.16. The van der Waals surface area contributed by atoms with Crippen LogP contribution >= 0.6 is 15.9 Å². The first kappa shape index (κ1) is 12.7. The fourth-order valence-electron chi connectivity index (χ4n) is 1.47. The molecule has 0 saturated carbocycles. The average Bonchev–Trinajstić information content (AvgIpc) is 2.81. The van der Waals surface area contributed by atoms with Crippen LogP contribution in [0.25, 0.3) is 0 Å². The van der Waals surface area contributed by atoms with Gasteiger partial charge in [0.05, 0.1) is 12.1 Å². The van der Waals surface area contributed by atoms with Gasteiger partial charge >= 0.3 is 0 Å². The van der Waals surface area contributed by atoms with Gasteiger partial charge in [-0.05, 0) is 34.1 Å². The Bertz CT molecular complexity index is 558. The van der Waals surface area contributed by atoms with Crippen molar-refractivity contribution in [3.63, 3.8) is 0 Å². The number of aromatic amines is 1. The Morgan fingerprint density at radius 3 is 2.94 bits per heavy atom. The molecule has 0 aliphatic heterocycles. The molecule has 2 rings (SSSR count). The molecule has 2 aromatic rings. The number of halogens is 2. The molecule has 0 aliphatic rings. The summed E-state index contributed by atoms with van der Waals surface area (Å²) in [5.41, 5.74) is 0.401. The van der Waals surface area contributed by atoms with E-state index in [2.05, 4.69) is 31.1 Å². The zero-order valence-electron chi connectivity index (χ0n) is 9.52. The molecule has 0 bridgehead atoms. The first-order valence-electron chi connectivity index (χ1n) is 5.12. The molecule has 0 saturated heterocycles. The van der Waals surface area contributed by atoms with Crippen LogP contribution in [0.4, 0.5) is 4.39 Å². The van der Waals surface area contributed by atoms with E-state index in [4.69, 9.17) is 0 Å². The highest BCUT2D eigenvalue weighted by Crippen LogP contribution is 2.19. The third-order valence-electron chi connectivity index (χ3n) is 2.36. The van der Waals surface area contributed by atoms with Crippen molar-refractivity contribution in [3.05, 3.63) is 46.2 Å². The standard InChI is InChI=1S/C11H10BrFN4O/c1-17(5-10-14-6-15-16-10)11(18)8-3-2-7(13)4-9(8)12/h2-4,6H,5H2,1H3,(H,14,15,16). The molecular formula is C11H10BrFN4O. The molecule has 0 unspecified atom stereocenters. The molecule has 0 fully saturated rings. The van der Waals surface area contributed by atoms with E-state index in [9.17, 15) is 9.18 Å². The lowest BCUT2D eigenvalue weighted by molar-refractivity contribution is 0.0780. The quantitative estimate of drug-likeness (QED) is 0.942. The number of benzene rings is 1. The average molecular weight is 313 g/mol. The molecule has 1 heterocycles. The van der Waals surface area contributed by atoms with Crippen molar-refractivity contribution in [1.29, 1.82) is 0 Å². The van der Waals surface area contributed by atoms with Crippen LogP contribution < -0.4 is 0 Å². The van der Waals surface area contributed by atoms with Gasteiger partial charge in [0, 0.05) is 11.5 Å². The number of nitrogens with zero attached hydrogens (tertiary/aromatic N) is 3. The van der Waals surface area contributed by atoms with Gasteiger partial charge in [-0.25, -0.2) is 9.37 Å². The number of aromatic nitrogens is 3. The van der Waals surface area contributed by atoms with E-state index in [0.717, 1.165) is 0 Å². The number of carbonyl (C=O) groups is 1. The van der Waals surface area contributed by atoms with Gasteiger partial charge in [0.25, 0.3) is 5.91 Å². The Hall–Kier alpha value is -1.76. The van der Waals surface area contributed by atoms with Crippen molar-refractivity contribution >= 4 is 21.8 Å². The molecule has 18 heavy (non-hydrogen) atoms. The third kappa shape index (κ3) is 2.73. The Morgan fingerprint density at radius 1 is 1.56 bits per heavy atom. The highest BCUT2D eigenvalue weighted by molar-refractivity contribution is 9.10. The fourth-order valence-corrected chi connectivity index (χ4v) is 1.99. The molecule has 0 radical (unpaired) electrons. The number of rotatable bonds is 3. The predicted molar refractivity (Wildman–Crippen MR) is 66.3 cm³/mol. The Kier molecular flexibility index (Phi) is 3.71. The summed E-state index contributed by atoms with van der Waals surface area (Å²) in [6.45, 7) is 0.308. The second-order valence-electron chi connectivity index (χ2n) is 3.72. The third-order valence-corrected chi connectivity index (χ3v) is 3.02. The lowest BCUT2D eigenvalue weighted by Crippen LogP contribution is -2.27. The summed E-state index contributed by atoms with van der Waals surface area (Å²) in [7, 11) is 1.64. The Morgan fingerprint density at radius 2 is 2.33 bits per heavy atom. The highest BCUT2D eigenvalue weighted by Gasteiger charge is 2.16. The van der Waals surface area contributed by atoms with Crippen molar-refractivity contribution in [2.75, 3.05) is 7.05 Å². The molecule has 7 heteroatoms. The first-order chi connectivity index (χ1) is 8.58. The van der Waals surface area contributed by atoms with E-state index in [0.29, 0.717) is 22.4 Å². The first-order valence-corrected chi connectivity index (χ1v) is 5.92. The van der Waals surface area contributed by atoms with E-state index < -0.39 is 5.82 Å². The minimum absolute atomic E-state index is 0.224. The van der Waals surface area contributed by atoms with Crippen LogP contribution in [-0.4, -0.2) is 33.0 Å². The molecular weight excluding hydrogens is 303 g/mol. The van der Waals surface area contributed by atoms with Gasteiger partial charge in [0.15, 0.2) is 0 Å². The van der Waals surface area contributed by atoms with Crippen molar-refractivity contribution in [1.82, 2.24) is 20.1 Å². The molecule has 0 spiro atoms. The summed E-state index contributed by atoms with van der Waals surface area (Å²) in [6, 6.07) is 3.95. The van der Waals surface area contributed by atoms with Gasteiger partial charge in [0.1, 0.15) is 18.0 Å². The molecule has 94 valence electrons. The van der Waals surface area contributed by atoms with E-state index in [-0.39, 0.29) is 5.91 Å². The zero-order chi connectivity index (χ0) is 13.1. The summed E-state index contributed by atoms with van der Waals surface area (Å²) in [6.07, 6.45) is 1.38. The number of amides is 1. The smallest absolute Gasteiger partial charge is 0.255 e. The van der Waals surface area contributed by atoms with Crippen LogP contribution in [0.2, 0.25) is 0 Å². The van der Waals surface area contributed by atoms with Gasteiger partial charge in [-0.15, -0.1) is 0 Å². The van der Waals surface area contributed by atoms with Crippen molar-refractivity contribution in [2.24, 2.45) is 0 Å². The van der Waals surface area contributed by atoms with Gasteiger partial charge in [-0.2, -0.15) is 5.10 Å². The summed E-state index contributed by atoms with van der Waals surface area (Å²) in [5.74, 6) is -0.0290. The molecule has 0 atom stereocenters. The van der Waals surface area contributed by atoms with Crippen LogP contribution in [0.1, 0.15) is 16.2 Å². The Labute approximate surface area is 111 Å². The van der Waals surface area contributed by atoms with Crippen LogP contribution in [0.5, 0.6) is 0 Å². The van der Waals surface area contributed by atoms with Crippen LogP contribution in [0.15, 0.2) is 29.0 Å². The maximum atomic E-state index is 12.9. The number of carbonyl (C=O) groups excluding carboxylic acids is 1. The fraction of sp³-hybridized carbons (Fsp3) is 0.182. The largest absolute Gasteiger partial charge is 0.334 e. The topological polar surface area (TPSA) is 61.9 Å².